The van der Waals surface area contributed by atoms with Gasteiger partial charge in [-0.2, -0.15) is 0 Å². The highest BCUT2D eigenvalue weighted by molar-refractivity contribution is 6.03. The number of nitro benzene ring substituents is 1. The molecule has 0 radical (unpaired) electrons. The van der Waals surface area contributed by atoms with Crippen LogP contribution in [0.2, 0.25) is 0 Å². The minimum atomic E-state index is -1.86. The third kappa shape index (κ3) is 7.68. The summed E-state index contributed by atoms with van der Waals surface area (Å²) in [4.78, 5) is 31.4. The molecule has 6 unspecified atom stereocenters. The SMILES string of the molecule is CCCNC(=O)N(C)C1CC(=NOCc2ccc([N+](=O)[O-])cc2)C2=CC(CCCCO)C(CCCCO)C3c4cc(O)ccc4OC1(O)C23. The van der Waals surface area contributed by atoms with E-state index >= 15 is 0 Å². The lowest BCUT2D eigenvalue weighted by Crippen LogP contribution is -2.69. The topological polar surface area (TPSA) is 187 Å². The van der Waals surface area contributed by atoms with Crippen LogP contribution in [0.15, 0.2) is 59.3 Å². The molecule has 2 amide bonds. The number of hydrogen-bond acceptors (Lipinski definition) is 10. The van der Waals surface area contributed by atoms with E-state index in [4.69, 9.17) is 9.57 Å². The van der Waals surface area contributed by atoms with Crippen LogP contribution in [-0.4, -0.2) is 80.6 Å². The quantitative estimate of drug-likeness (QED) is 0.0983. The number of likely N-dealkylation sites (N-methyl/N-ethyl adjacent to an activating group) is 1. The second kappa shape index (κ2) is 16.0. The van der Waals surface area contributed by atoms with Crippen molar-refractivity contribution < 1.29 is 39.7 Å². The summed E-state index contributed by atoms with van der Waals surface area (Å²) in [6.45, 7) is 2.59. The van der Waals surface area contributed by atoms with Crippen LogP contribution >= 0.6 is 0 Å². The molecule has 3 aliphatic rings. The largest absolute Gasteiger partial charge is 0.508 e. The highest BCUT2D eigenvalue weighted by atomic mass is 16.6. The molecule has 1 saturated carbocycles. The Kier molecular flexibility index (Phi) is 11.8. The summed E-state index contributed by atoms with van der Waals surface area (Å²) in [5, 5.41) is 61.3. The van der Waals surface area contributed by atoms with Crippen LogP contribution in [0.5, 0.6) is 11.5 Å². The zero-order chi connectivity index (χ0) is 35.1. The lowest BCUT2D eigenvalue weighted by Gasteiger charge is -2.58. The van der Waals surface area contributed by atoms with Gasteiger partial charge >= 0.3 is 6.03 Å². The summed E-state index contributed by atoms with van der Waals surface area (Å²) in [5.74, 6) is -2.38. The minimum Gasteiger partial charge on any atom is -0.508 e. The van der Waals surface area contributed by atoms with E-state index in [1.165, 1.54) is 23.1 Å². The molecule has 49 heavy (non-hydrogen) atoms. The number of unbranched alkanes of at least 4 members (excludes halogenated alkanes) is 2. The molecule has 13 nitrogen and oxygen atoms in total. The van der Waals surface area contributed by atoms with Crippen molar-refractivity contribution in [2.75, 3.05) is 26.8 Å². The number of benzene rings is 2. The molecule has 0 bridgehead atoms. The van der Waals surface area contributed by atoms with E-state index in [1.807, 2.05) is 6.92 Å². The van der Waals surface area contributed by atoms with Gasteiger partial charge in [-0.1, -0.05) is 31.0 Å². The van der Waals surface area contributed by atoms with Gasteiger partial charge in [-0.25, -0.2) is 4.79 Å². The van der Waals surface area contributed by atoms with Gasteiger partial charge in [0.2, 0.25) is 5.79 Å². The summed E-state index contributed by atoms with van der Waals surface area (Å²) in [6, 6.07) is 9.65. The third-order valence-electron chi connectivity index (χ3n) is 10.1. The molecular formula is C36H48N4O9. The number of allylic oxidation sites excluding steroid dienone is 1. The molecule has 2 aromatic rings. The molecule has 1 fully saturated rings. The first-order chi connectivity index (χ1) is 23.6. The van der Waals surface area contributed by atoms with Gasteiger partial charge in [0.1, 0.15) is 24.1 Å². The zero-order valence-electron chi connectivity index (χ0n) is 28.2. The van der Waals surface area contributed by atoms with Gasteiger partial charge in [0.25, 0.3) is 5.69 Å². The zero-order valence-corrected chi connectivity index (χ0v) is 28.2. The van der Waals surface area contributed by atoms with Crippen LogP contribution in [-0.2, 0) is 11.4 Å². The van der Waals surface area contributed by atoms with Gasteiger partial charge in [-0.3, -0.25) is 10.1 Å². The molecular weight excluding hydrogens is 632 g/mol. The van der Waals surface area contributed by atoms with Crippen LogP contribution in [0, 0.1) is 27.9 Å². The molecule has 1 heterocycles. The monoisotopic (exact) mass is 680 g/mol. The number of aromatic hydroxyl groups is 1. The van der Waals surface area contributed by atoms with Crippen molar-refractivity contribution in [3.63, 3.8) is 0 Å². The number of oxime groups is 1. The molecule has 5 rings (SSSR count). The van der Waals surface area contributed by atoms with E-state index in [0.29, 0.717) is 36.4 Å². The number of rotatable bonds is 15. The van der Waals surface area contributed by atoms with Crippen LogP contribution in [0.3, 0.4) is 0 Å². The predicted octanol–water partition coefficient (Wildman–Crippen LogP) is 4.98. The fourth-order valence-corrected chi connectivity index (χ4v) is 7.76. The Balaban J connectivity index is 1.62. The molecule has 1 aliphatic heterocycles. The number of phenols is 1. The fourth-order valence-electron chi connectivity index (χ4n) is 7.76. The van der Waals surface area contributed by atoms with Gasteiger partial charge in [0, 0.05) is 56.8 Å². The summed E-state index contributed by atoms with van der Waals surface area (Å²) in [6.07, 6.45) is 7.28. The van der Waals surface area contributed by atoms with Gasteiger partial charge in [0.05, 0.1) is 16.6 Å². The molecule has 266 valence electrons. The van der Waals surface area contributed by atoms with Gasteiger partial charge in [-0.05, 0) is 85.4 Å². The molecule has 0 aromatic heterocycles. The second-order valence-corrected chi connectivity index (χ2v) is 13.3. The minimum absolute atomic E-state index is 0.0149. The number of nitro groups is 1. The number of ether oxygens (including phenoxy) is 1. The number of carbonyl (C=O) groups is 1. The average Bonchev–Trinajstić information content (AvgIpc) is 3.09. The number of phenolic OH excluding ortho intramolecular Hbond substituents is 1. The standard InChI is InChI=1S/C36H48N4O9/c1-3-16-37-35(44)39(2)32-21-30(38-48-22-23-10-12-25(13-11-23)40(46)47)28-19-24(8-4-6-17-41)27(9-5-7-18-42)33-29-20-26(43)14-15-31(29)49-36(32,45)34(28)33/h10-15,19-20,24,27,32-34,41-43,45H,3-9,16-18,21-22H2,1-2H3,(H,37,44). The summed E-state index contributed by atoms with van der Waals surface area (Å²) in [5.41, 5.74) is 2.70. The maximum absolute atomic E-state index is 13.4. The number of aliphatic hydroxyl groups excluding tert-OH is 2. The second-order valence-electron chi connectivity index (χ2n) is 13.3. The maximum Gasteiger partial charge on any atom is 0.317 e. The average molecular weight is 681 g/mol. The number of aliphatic hydroxyl groups is 3. The van der Waals surface area contributed by atoms with E-state index in [2.05, 4.69) is 16.5 Å². The normalized spacial score (nSPS) is 26.2. The van der Waals surface area contributed by atoms with E-state index in [9.17, 15) is 35.3 Å². The first kappa shape index (κ1) is 36.1. The van der Waals surface area contributed by atoms with Gasteiger partial charge < -0.3 is 40.2 Å². The van der Waals surface area contributed by atoms with E-state index in [-0.39, 0.29) is 61.5 Å². The fraction of sp³-hybridized carbons (Fsp3) is 0.556. The molecule has 2 aliphatic carbocycles. The van der Waals surface area contributed by atoms with Crippen molar-refractivity contribution in [3.05, 3.63) is 75.4 Å². The molecule has 6 atom stereocenters. The Bertz CT molecular complexity index is 1530. The van der Waals surface area contributed by atoms with Crippen molar-refractivity contribution in [3.8, 4) is 11.5 Å². The van der Waals surface area contributed by atoms with Crippen molar-refractivity contribution in [2.24, 2.45) is 22.9 Å². The molecule has 13 heteroatoms. The lowest BCUT2D eigenvalue weighted by molar-refractivity contribution is -0.384. The first-order valence-electron chi connectivity index (χ1n) is 17.2. The van der Waals surface area contributed by atoms with Crippen LogP contribution in [0.1, 0.15) is 75.3 Å². The van der Waals surface area contributed by atoms with E-state index < -0.39 is 22.7 Å². The Morgan fingerprint density at radius 1 is 1.12 bits per heavy atom. The number of nitrogens with zero attached hydrogens (tertiary/aromatic N) is 3. The van der Waals surface area contributed by atoms with Crippen molar-refractivity contribution >= 4 is 17.4 Å². The number of nitrogens with one attached hydrogen (secondary N) is 1. The Hall–Kier alpha value is -4.20. The van der Waals surface area contributed by atoms with E-state index in [1.54, 1.807) is 31.3 Å². The molecule has 0 saturated heterocycles. The number of amides is 2. The molecule has 0 spiro atoms. The smallest absolute Gasteiger partial charge is 0.317 e. The molecule has 2 aromatic carbocycles. The number of hydrogen-bond donors (Lipinski definition) is 5. The summed E-state index contributed by atoms with van der Waals surface area (Å²) < 4.78 is 6.52. The molecule has 5 N–H and O–H groups in total. The maximum atomic E-state index is 13.4. The Morgan fingerprint density at radius 2 is 1.84 bits per heavy atom. The number of non-ortho nitro benzene ring substituents is 1. The van der Waals surface area contributed by atoms with Crippen molar-refractivity contribution in [1.29, 1.82) is 0 Å². The predicted molar refractivity (Wildman–Crippen MR) is 182 cm³/mol. The highest BCUT2D eigenvalue weighted by Gasteiger charge is 2.63. The third-order valence-corrected chi connectivity index (χ3v) is 10.1. The summed E-state index contributed by atoms with van der Waals surface area (Å²) >= 11 is 0. The van der Waals surface area contributed by atoms with Crippen LogP contribution in [0.25, 0.3) is 0 Å². The lowest BCUT2D eigenvalue weighted by atomic mass is 9.55. The number of carbonyl (C=O) groups excluding carboxylic acids is 1. The van der Waals surface area contributed by atoms with Crippen molar-refractivity contribution in [1.82, 2.24) is 10.2 Å². The van der Waals surface area contributed by atoms with E-state index in [0.717, 1.165) is 43.2 Å². The number of urea groups is 1. The first-order valence-corrected chi connectivity index (χ1v) is 17.2. The summed E-state index contributed by atoms with van der Waals surface area (Å²) in [7, 11) is 1.63. The highest BCUT2D eigenvalue weighted by Crippen LogP contribution is 2.60. The van der Waals surface area contributed by atoms with Crippen molar-refractivity contribution in [2.45, 2.75) is 82.6 Å². The van der Waals surface area contributed by atoms with Gasteiger partial charge in [0.15, 0.2) is 0 Å². The van der Waals surface area contributed by atoms with Crippen LogP contribution in [0.4, 0.5) is 10.5 Å². The Morgan fingerprint density at radius 3 is 2.51 bits per heavy atom. The van der Waals surface area contributed by atoms with Gasteiger partial charge in [-0.15, -0.1) is 0 Å². The Labute approximate surface area is 286 Å². The van der Waals surface area contributed by atoms with Crippen LogP contribution < -0.4 is 10.1 Å². The number of fused-ring (bicyclic) bond motifs is 2.